The molecule has 27 heavy (non-hydrogen) atoms. The van der Waals surface area contributed by atoms with Crippen LogP contribution in [0.4, 0.5) is 10.1 Å². The molecule has 3 aromatic heterocycles. The third kappa shape index (κ3) is 2.88. The van der Waals surface area contributed by atoms with Crippen LogP contribution in [0.3, 0.4) is 0 Å². The number of halogens is 1. The Morgan fingerprint density at radius 2 is 1.96 bits per heavy atom. The fourth-order valence-electron chi connectivity index (χ4n) is 3.90. The van der Waals surface area contributed by atoms with Crippen LogP contribution in [0.5, 0.6) is 0 Å². The van der Waals surface area contributed by atoms with Gasteiger partial charge in [0.2, 0.25) is 5.91 Å². The number of hydrogen-bond acceptors (Lipinski definition) is 4. The van der Waals surface area contributed by atoms with Crippen molar-refractivity contribution in [2.45, 2.75) is 19.3 Å². The van der Waals surface area contributed by atoms with Crippen LogP contribution in [0.1, 0.15) is 18.5 Å². The normalized spacial score (nSPS) is 17.7. The summed E-state index contributed by atoms with van der Waals surface area (Å²) in [6, 6.07) is 3.73. The smallest absolute Gasteiger partial charge is 0.233 e. The van der Waals surface area contributed by atoms with Crippen LogP contribution in [-0.2, 0) is 16.0 Å². The second-order valence-corrected chi connectivity index (χ2v) is 7.18. The van der Waals surface area contributed by atoms with Gasteiger partial charge in [-0.25, -0.2) is 9.37 Å². The molecule has 0 unspecified atom stereocenters. The van der Waals surface area contributed by atoms with Crippen LogP contribution in [0, 0.1) is 11.7 Å². The number of aromatic amines is 1. The Balaban J connectivity index is 1.49. The lowest BCUT2D eigenvalue weighted by Gasteiger charge is -2.27. The van der Waals surface area contributed by atoms with E-state index in [0.29, 0.717) is 29.9 Å². The second-order valence-electron chi connectivity index (χ2n) is 7.18. The Morgan fingerprint density at radius 1 is 1.19 bits per heavy atom. The fraction of sp³-hybridized carbons (Fsp3) is 0.350. The fourth-order valence-corrected chi connectivity index (χ4v) is 3.90. The van der Waals surface area contributed by atoms with Crippen molar-refractivity contribution in [3.05, 3.63) is 42.2 Å². The lowest BCUT2D eigenvalue weighted by atomic mass is 9.99. The molecule has 5 rings (SSSR count). The summed E-state index contributed by atoms with van der Waals surface area (Å²) in [5, 5.41) is 0.447. The standard InChI is InChI=1S/C20H19FN4O2/c21-16-10-24-20-15(16)5-13(9-23-20)14-6-18-17(22-8-14)7-19(26)25(18)11-12-1-3-27-4-2-12/h5-6,8-10,12H,1-4,7,11H2,(H,23,24). The average molecular weight is 366 g/mol. The quantitative estimate of drug-likeness (QED) is 0.773. The van der Waals surface area contributed by atoms with Gasteiger partial charge < -0.3 is 14.6 Å². The average Bonchev–Trinajstić information content (AvgIpc) is 3.22. The Kier molecular flexibility index (Phi) is 3.89. The SMILES string of the molecule is O=C1Cc2ncc(-c3cnc4[nH]cc(F)c4c3)cc2N1CC1CCOCC1. The molecule has 138 valence electrons. The predicted octanol–water partition coefficient (Wildman–Crippen LogP) is 3.08. The van der Waals surface area contributed by atoms with Gasteiger partial charge in [-0.1, -0.05) is 0 Å². The van der Waals surface area contributed by atoms with Crippen molar-refractivity contribution < 1.29 is 13.9 Å². The zero-order valence-electron chi connectivity index (χ0n) is 14.7. The van der Waals surface area contributed by atoms with Gasteiger partial charge >= 0.3 is 0 Å². The van der Waals surface area contributed by atoms with E-state index in [4.69, 9.17) is 4.74 Å². The largest absolute Gasteiger partial charge is 0.381 e. The van der Waals surface area contributed by atoms with E-state index >= 15 is 0 Å². The maximum absolute atomic E-state index is 13.9. The van der Waals surface area contributed by atoms with Gasteiger partial charge in [0.25, 0.3) is 0 Å². The monoisotopic (exact) mass is 366 g/mol. The van der Waals surface area contributed by atoms with Crippen LogP contribution < -0.4 is 4.90 Å². The van der Waals surface area contributed by atoms with E-state index in [1.165, 1.54) is 6.20 Å². The van der Waals surface area contributed by atoms with E-state index in [2.05, 4.69) is 15.0 Å². The van der Waals surface area contributed by atoms with Gasteiger partial charge in [-0.05, 0) is 30.9 Å². The highest BCUT2D eigenvalue weighted by Gasteiger charge is 2.31. The van der Waals surface area contributed by atoms with E-state index in [-0.39, 0.29) is 11.7 Å². The number of anilines is 1. The van der Waals surface area contributed by atoms with Gasteiger partial charge in [0.05, 0.1) is 23.2 Å². The number of carbonyl (C=O) groups excluding carboxylic acids is 1. The third-order valence-electron chi connectivity index (χ3n) is 5.45. The number of amides is 1. The van der Waals surface area contributed by atoms with Gasteiger partial charge in [-0.15, -0.1) is 0 Å². The van der Waals surface area contributed by atoms with E-state index < -0.39 is 0 Å². The molecule has 0 atom stereocenters. The minimum absolute atomic E-state index is 0.0893. The Labute approximate surface area is 155 Å². The number of H-pyrrole nitrogens is 1. The summed E-state index contributed by atoms with van der Waals surface area (Å²) < 4.78 is 19.3. The Hall–Kier alpha value is -2.80. The molecule has 6 nitrogen and oxygen atoms in total. The number of nitrogens with one attached hydrogen (secondary N) is 1. The third-order valence-corrected chi connectivity index (χ3v) is 5.45. The first-order valence-electron chi connectivity index (χ1n) is 9.19. The molecule has 1 fully saturated rings. The van der Waals surface area contributed by atoms with Crippen LogP contribution >= 0.6 is 0 Å². The topological polar surface area (TPSA) is 71.1 Å². The highest BCUT2D eigenvalue weighted by atomic mass is 19.1. The summed E-state index contributed by atoms with van der Waals surface area (Å²) in [6.45, 7) is 2.21. The van der Waals surface area contributed by atoms with Crippen molar-refractivity contribution in [3.8, 4) is 11.1 Å². The summed E-state index contributed by atoms with van der Waals surface area (Å²) >= 11 is 0. The maximum Gasteiger partial charge on any atom is 0.233 e. The summed E-state index contributed by atoms with van der Waals surface area (Å²) in [7, 11) is 0. The van der Waals surface area contributed by atoms with E-state index in [1.807, 2.05) is 11.0 Å². The van der Waals surface area contributed by atoms with Gasteiger partial charge in [-0.3, -0.25) is 9.78 Å². The van der Waals surface area contributed by atoms with Crippen molar-refractivity contribution in [2.24, 2.45) is 5.92 Å². The molecule has 0 aliphatic carbocycles. The van der Waals surface area contributed by atoms with Crippen LogP contribution in [0.25, 0.3) is 22.2 Å². The summed E-state index contributed by atoms with van der Waals surface area (Å²) in [6.07, 6.45) is 7.01. The first kappa shape index (κ1) is 16.4. The van der Waals surface area contributed by atoms with Crippen molar-refractivity contribution in [1.82, 2.24) is 15.0 Å². The lowest BCUT2D eigenvalue weighted by molar-refractivity contribution is -0.117. The molecule has 0 bridgehead atoms. The van der Waals surface area contributed by atoms with Gasteiger partial charge in [-0.2, -0.15) is 0 Å². The molecule has 2 aliphatic rings. The summed E-state index contributed by atoms with van der Waals surface area (Å²) in [4.78, 5) is 26.0. The van der Waals surface area contributed by atoms with Crippen molar-refractivity contribution in [3.63, 3.8) is 0 Å². The van der Waals surface area contributed by atoms with Crippen molar-refractivity contribution in [1.29, 1.82) is 0 Å². The molecule has 3 aromatic rings. The predicted molar refractivity (Wildman–Crippen MR) is 98.9 cm³/mol. The lowest BCUT2D eigenvalue weighted by Crippen LogP contribution is -2.34. The second kappa shape index (κ2) is 6.42. The minimum Gasteiger partial charge on any atom is -0.381 e. The van der Waals surface area contributed by atoms with E-state index in [9.17, 15) is 9.18 Å². The van der Waals surface area contributed by atoms with Crippen molar-refractivity contribution in [2.75, 3.05) is 24.7 Å². The highest BCUT2D eigenvalue weighted by Crippen LogP contribution is 2.34. The summed E-state index contributed by atoms with van der Waals surface area (Å²) in [5.74, 6) is 0.209. The molecule has 1 amide bonds. The van der Waals surface area contributed by atoms with Gasteiger partial charge in [0, 0.05) is 49.5 Å². The molecule has 1 saturated heterocycles. The van der Waals surface area contributed by atoms with Crippen LogP contribution in [0.15, 0.2) is 30.7 Å². The number of nitrogens with zero attached hydrogens (tertiary/aromatic N) is 3. The van der Waals surface area contributed by atoms with Crippen LogP contribution in [-0.4, -0.2) is 40.6 Å². The van der Waals surface area contributed by atoms with Gasteiger partial charge in [0.15, 0.2) is 0 Å². The van der Waals surface area contributed by atoms with Crippen LogP contribution in [0.2, 0.25) is 0 Å². The highest BCUT2D eigenvalue weighted by molar-refractivity contribution is 6.01. The Bertz CT molecular complexity index is 1030. The Morgan fingerprint density at radius 3 is 2.81 bits per heavy atom. The van der Waals surface area contributed by atoms with E-state index in [1.54, 1.807) is 18.5 Å². The molecule has 1 N–H and O–H groups in total. The molecule has 0 saturated carbocycles. The zero-order chi connectivity index (χ0) is 18.4. The molecule has 5 heterocycles. The number of carbonyl (C=O) groups is 1. The number of rotatable bonds is 3. The number of aromatic nitrogens is 3. The first-order valence-corrected chi connectivity index (χ1v) is 9.19. The zero-order valence-corrected chi connectivity index (χ0v) is 14.7. The van der Waals surface area contributed by atoms with Crippen molar-refractivity contribution >= 4 is 22.6 Å². The number of fused-ring (bicyclic) bond motifs is 2. The maximum atomic E-state index is 13.9. The van der Waals surface area contributed by atoms with Gasteiger partial charge in [0.1, 0.15) is 11.5 Å². The minimum atomic E-state index is -0.329. The molecule has 0 spiro atoms. The number of hydrogen-bond donors (Lipinski definition) is 1. The molecule has 0 radical (unpaired) electrons. The molecule has 2 aliphatic heterocycles. The number of ether oxygens (including phenoxy) is 1. The molecular weight excluding hydrogens is 347 g/mol. The first-order chi connectivity index (χ1) is 13.2. The molecule has 0 aromatic carbocycles. The summed E-state index contributed by atoms with van der Waals surface area (Å²) in [5.41, 5.74) is 3.79. The number of pyridine rings is 2. The molecular formula is C20H19FN4O2. The molecule has 7 heteroatoms. The van der Waals surface area contributed by atoms with E-state index in [0.717, 1.165) is 48.6 Å².